The predicted octanol–water partition coefficient (Wildman–Crippen LogP) is 6.60. The first-order valence-corrected chi connectivity index (χ1v) is 12.7. The zero-order valence-electron chi connectivity index (χ0n) is 18.0. The number of halogens is 1. The molecule has 1 aromatic rings. The molecule has 2 fully saturated rings. The van der Waals surface area contributed by atoms with Gasteiger partial charge in [0.25, 0.3) is 0 Å². The summed E-state index contributed by atoms with van der Waals surface area (Å²) in [5.41, 5.74) is 0.221. The van der Waals surface area contributed by atoms with Crippen molar-refractivity contribution in [1.82, 2.24) is 0 Å². The fourth-order valence-corrected chi connectivity index (χ4v) is 6.96. The second kappa shape index (κ2) is 10.6. The van der Waals surface area contributed by atoms with Gasteiger partial charge >= 0.3 is 5.97 Å². The van der Waals surface area contributed by atoms with Gasteiger partial charge in [0.1, 0.15) is 4.88 Å². The molecule has 0 saturated heterocycles. The van der Waals surface area contributed by atoms with Gasteiger partial charge in [0.2, 0.25) is 0 Å². The second-order valence-corrected chi connectivity index (χ2v) is 10.9. The minimum absolute atomic E-state index is 0.127. The van der Waals surface area contributed by atoms with Crippen LogP contribution in [-0.2, 0) is 11.2 Å². The van der Waals surface area contributed by atoms with Gasteiger partial charge in [-0.25, -0.2) is 4.79 Å². The molecule has 2 aliphatic carbocycles. The highest BCUT2D eigenvalue weighted by Gasteiger charge is 2.41. The highest BCUT2D eigenvalue weighted by atomic mass is 35.5. The molecule has 0 aromatic carbocycles. The van der Waals surface area contributed by atoms with E-state index < -0.39 is 0 Å². The minimum atomic E-state index is -0.240. The highest BCUT2D eigenvalue weighted by molar-refractivity contribution is 7.13. The van der Waals surface area contributed by atoms with Crippen LogP contribution >= 0.6 is 22.9 Å². The molecule has 2 saturated carbocycles. The molecule has 2 aliphatic rings. The molecule has 164 valence electrons. The molecule has 4 atom stereocenters. The van der Waals surface area contributed by atoms with Gasteiger partial charge in [0.05, 0.1) is 13.2 Å². The standard InChI is InChI=1S/C24H37ClO3S/c1-3-24(15-6-16-24)22(26)10-5-9-19-17(11-13-20(19)25)7-4-8-18-12-14-21(29-18)23(27)28-2/h12,14,17,19-20,22,26H,3-11,13,15-16H2,1-2H3/t17-,19?,20?,22?/m0/s1. The van der Waals surface area contributed by atoms with Crippen LogP contribution in [0.1, 0.15) is 92.1 Å². The number of carbonyl (C=O) groups excluding carboxylic acids is 1. The Morgan fingerprint density at radius 2 is 2.10 bits per heavy atom. The molecule has 0 spiro atoms. The largest absolute Gasteiger partial charge is 0.465 e. The molecule has 0 bridgehead atoms. The van der Waals surface area contributed by atoms with Gasteiger partial charge in [-0.1, -0.05) is 19.8 Å². The summed E-state index contributed by atoms with van der Waals surface area (Å²) in [6.45, 7) is 2.23. The van der Waals surface area contributed by atoms with E-state index in [0.29, 0.717) is 22.1 Å². The number of carbonyl (C=O) groups is 1. The summed E-state index contributed by atoms with van der Waals surface area (Å²) in [7, 11) is 1.43. The molecule has 1 heterocycles. The Hall–Kier alpha value is -0.580. The van der Waals surface area contributed by atoms with Crippen LogP contribution < -0.4 is 0 Å². The zero-order chi connectivity index (χ0) is 20.9. The number of hydrogen-bond acceptors (Lipinski definition) is 4. The Morgan fingerprint density at radius 1 is 1.31 bits per heavy atom. The normalized spacial score (nSPS) is 26.8. The summed E-state index contributed by atoms with van der Waals surface area (Å²) < 4.78 is 4.79. The minimum Gasteiger partial charge on any atom is -0.465 e. The van der Waals surface area contributed by atoms with Crippen LogP contribution in [0, 0.1) is 17.3 Å². The van der Waals surface area contributed by atoms with E-state index in [1.54, 1.807) is 11.3 Å². The predicted molar refractivity (Wildman–Crippen MR) is 121 cm³/mol. The van der Waals surface area contributed by atoms with Gasteiger partial charge in [-0.2, -0.15) is 0 Å². The maximum Gasteiger partial charge on any atom is 0.348 e. The molecule has 3 nitrogen and oxygen atoms in total. The Balaban J connectivity index is 1.41. The van der Waals surface area contributed by atoms with Crippen LogP contribution in [0.4, 0.5) is 0 Å². The number of alkyl halides is 1. The number of methoxy groups -OCH3 is 1. The maximum atomic E-state index is 11.6. The number of esters is 1. The number of rotatable bonds is 11. The van der Waals surface area contributed by atoms with Crippen molar-refractivity contribution in [3.05, 3.63) is 21.9 Å². The van der Waals surface area contributed by atoms with Crippen LogP contribution in [0.5, 0.6) is 0 Å². The summed E-state index contributed by atoms with van der Waals surface area (Å²) in [5.74, 6) is 1.06. The van der Waals surface area contributed by atoms with Crippen molar-refractivity contribution >= 4 is 28.9 Å². The van der Waals surface area contributed by atoms with Crippen molar-refractivity contribution in [2.24, 2.45) is 17.3 Å². The smallest absolute Gasteiger partial charge is 0.348 e. The summed E-state index contributed by atoms with van der Waals surface area (Å²) in [6, 6.07) is 3.92. The fourth-order valence-electron chi connectivity index (χ4n) is 5.54. The van der Waals surface area contributed by atoms with E-state index in [4.69, 9.17) is 16.3 Å². The van der Waals surface area contributed by atoms with Crippen molar-refractivity contribution in [2.45, 2.75) is 95.5 Å². The molecule has 1 aromatic heterocycles. The number of ether oxygens (including phenoxy) is 1. The molecular formula is C24H37ClO3S. The lowest BCUT2D eigenvalue weighted by Crippen LogP contribution is -2.40. The van der Waals surface area contributed by atoms with E-state index >= 15 is 0 Å². The van der Waals surface area contributed by atoms with Crippen molar-refractivity contribution in [3.63, 3.8) is 0 Å². The average molecular weight is 441 g/mol. The number of hydrogen-bond donors (Lipinski definition) is 1. The van der Waals surface area contributed by atoms with Crippen LogP contribution in [0.3, 0.4) is 0 Å². The Bertz CT molecular complexity index is 649. The number of aryl methyl sites for hydroxylation is 1. The lowest BCUT2D eigenvalue weighted by molar-refractivity contribution is -0.0437. The summed E-state index contributed by atoms with van der Waals surface area (Å²) in [5, 5.41) is 11.0. The van der Waals surface area contributed by atoms with Crippen LogP contribution in [-0.4, -0.2) is 29.7 Å². The molecule has 3 unspecified atom stereocenters. The Labute approximate surface area is 185 Å². The highest BCUT2D eigenvalue weighted by Crippen LogP contribution is 2.48. The van der Waals surface area contributed by atoms with E-state index in [2.05, 4.69) is 13.0 Å². The van der Waals surface area contributed by atoms with Gasteiger partial charge in [0, 0.05) is 10.3 Å². The number of aliphatic hydroxyl groups is 1. The molecule has 0 aliphatic heterocycles. The maximum absolute atomic E-state index is 11.6. The average Bonchev–Trinajstić information content (AvgIpc) is 3.29. The summed E-state index contributed by atoms with van der Waals surface area (Å²) in [6.07, 6.45) is 13.6. The molecule has 1 N–H and O–H groups in total. The monoisotopic (exact) mass is 440 g/mol. The molecule has 29 heavy (non-hydrogen) atoms. The topological polar surface area (TPSA) is 46.5 Å². The van der Waals surface area contributed by atoms with Gasteiger partial charge in [-0.15, -0.1) is 22.9 Å². The summed E-state index contributed by atoms with van der Waals surface area (Å²) in [4.78, 5) is 13.5. The first kappa shape index (κ1) is 23.1. The quantitative estimate of drug-likeness (QED) is 0.311. The second-order valence-electron chi connectivity index (χ2n) is 9.18. The van der Waals surface area contributed by atoms with Crippen molar-refractivity contribution in [1.29, 1.82) is 0 Å². The number of aliphatic hydroxyl groups excluding tert-OH is 1. The van der Waals surface area contributed by atoms with E-state index in [0.717, 1.165) is 44.9 Å². The third-order valence-electron chi connectivity index (χ3n) is 7.70. The van der Waals surface area contributed by atoms with Crippen molar-refractivity contribution < 1.29 is 14.6 Å². The molecule has 3 rings (SSSR count). The van der Waals surface area contributed by atoms with Crippen LogP contribution in [0.25, 0.3) is 0 Å². The van der Waals surface area contributed by atoms with Crippen molar-refractivity contribution in [2.75, 3.05) is 7.11 Å². The molecular weight excluding hydrogens is 404 g/mol. The third-order valence-corrected chi connectivity index (χ3v) is 9.37. The summed E-state index contributed by atoms with van der Waals surface area (Å²) >= 11 is 8.23. The molecule has 5 heteroatoms. The van der Waals surface area contributed by atoms with Gasteiger partial charge in [-0.05, 0) is 93.6 Å². The molecule has 0 radical (unpaired) electrons. The number of thiophene rings is 1. The first-order valence-electron chi connectivity index (χ1n) is 11.5. The SMILES string of the molecule is CCC1(C(O)CCCC2C(Cl)CC[C@@H]2CCCc2ccc(C(=O)OC)s2)CCC1. The lowest BCUT2D eigenvalue weighted by Gasteiger charge is -2.45. The van der Waals surface area contributed by atoms with Crippen LogP contribution in [0.2, 0.25) is 0 Å². The van der Waals surface area contributed by atoms with Gasteiger partial charge in [0.15, 0.2) is 0 Å². The van der Waals surface area contributed by atoms with E-state index in [1.165, 1.54) is 44.1 Å². The first-order chi connectivity index (χ1) is 14.0. The Morgan fingerprint density at radius 3 is 2.76 bits per heavy atom. The van der Waals surface area contributed by atoms with Crippen molar-refractivity contribution in [3.8, 4) is 0 Å². The fraction of sp³-hybridized carbons (Fsp3) is 0.792. The van der Waals surface area contributed by atoms with E-state index in [9.17, 15) is 9.90 Å². The third kappa shape index (κ3) is 5.57. The van der Waals surface area contributed by atoms with Gasteiger partial charge in [-0.3, -0.25) is 0 Å². The van der Waals surface area contributed by atoms with Gasteiger partial charge < -0.3 is 9.84 Å². The Kier molecular flexibility index (Phi) is 8.47. The zero-order valence-corrected chi connectivity index (χ0v) is 19.6. The van der Waals surface area contributed by atoms with Crippen LogP contribution in [0.15, 0.2) is 12.1 Å². The lowest BCUT2D eigenvalue weighted by atomic mass is 9.62. The van der Waals surface area contributed by atoms with E-state index in [-0.39, 0.29) is 17.5 Å². The van der Waals surface area contributed by atoms with E-state index in [1.807, 2.05) is 6.07 Å². The molecule has 0 amide bonds.